The van der Waals surface area contributed by atoms with Crippen LogP contribution in [0.2, 0.25) is 10.0 Å². The van der Waals surface area contributed by atoms with Crippen LogP contribution in [0.5, 0.6) is 0 Å². The average Bonchev–Trinajstić information content (AvgIpc) is 3.36. The third kappa shape index (κ3) is 5.79. The van der Waals surface area contributed by atoms with Crippen LogP contribution >= 0.6 is 23.2 Å². The van der Waals surface area contributed by atoms with E-state index < -0.39 is 15.9 Å². The number of sulfonamides is 1. The van der Waals surface area contributed by atoms with Gasteiger partial charge in [-0.25, -0.2) is 8.42 Å². The summed E-state index contributed by atoms with van der Waals surface area (Å²) in [6, 6.07) is 19.9. The molecule has 0 unspecified atom stereocenters. The molecular weight excluding hydrogens is 535 g/mol. The Kier molecular flexibility index (Phi) is 8.16. The first-order valence-electron chi connectivity index (χ1n) is 11.4. The Morgan fingerprint density at radius 3 is 2.35 bits per heavy atom. The minimum absolute atomic E-state index is 0.0163. The van der Waals surface area contributed by atoms with Crippen LogP contribution in [-0.2, 0) is 16.6 Å². The number of amides is 1. The molecule has 3 aromatic carbocycles. The van der Waals surface area contributed by atoms with E-state index in [0.29, 0.717) is 29.2 Å². The van der Waals surface area contributed by atoms with Crippen molar-refractivity contribution in [1.82, 2.24) is 15.1 Å². The minimum Gasteiger partial charge on any atom is -0.419 e. The molecule has 1 heterocycles. The van der Waals surface area contributed by atoms with Gasteiger partial charge in [0.15, 0.2) is 0 Å². The van der Waals surface area contributed by atoms with Crippen molar-refractivity contribution in [3.63, 3.8) is 0 Å². The van der Waals surface area contributed by atoms with Crippen molar-refractivity contribution >= 4 is 44.8 Å². The number of aromatic nitrogens is 2. The SMILES string of the molecule is CCCN(Cc1nnc(-c2ccccc2Cl)o1)C(=O)c1ccc(Cl)c(S(=O)(=O)N(C)c2ccccc2)c1. The van der Waals surface area contributed by atoms with Crippen molar-refractivity contribution in [2.45, 2.75) is 24.8 Å². The molecule has 0 saturated carbocycles. The highest BCUT2D eigenvalue weighted by Gasteiger charge is 2.27. The van der Waals surface area contributed by atoms with E-state index in [4.69, 9.17) is 27.6 Å². The van der Waals surface area contributed by atoms with E-state index in [2.05, 4.69) is 10.2 Å². The van der Waals surface area contributed by atoms with E-state index in [0.717, 1.165) is 4.31 Å². The van der Waals surface area contributed by atoms with Crippen molar-refractivity contribution in [2.24, 2.45) is 0 Å². The normalized spacial score (nSPS) is 11.4. The topological polar surface area (TPSA) is 96.6 Å². The lowest BCUT2D eigenvalue weighted by molar-refractivity contribution is 0.0728. The number of carbonyl (C=O) groups is 1. The predicted molar refractivity (Wildman–Crippen MR) is 143 cm³/mol. The highest BCUT2D eigenvalue weighted by atomic mass is 35.5. The van der Waals surface area contributed by atoms with Crippen LogP contribution in [0.25, 0.3) is 11.5 Å². The lowest BCUT2D eigenvalue weighted by atomic mass is 10.2. The van der Waals surface area contributed by atoms with Crippen LogP contribution in [0.15, 0.2) is 82.1 Å². The average molecular weight is 559 g/mol. The fourth-order valence-corrected chi connectivity index (χ4v) is 5.60. The van der Waals surface area contributed by atoms with Crippen LogP contribution in [0, 0.1) is 0 Å². The third-order valence-electron chi connectivity index (χ3n) is 5.61. The Bertz CT molecular complexity index is 1510. The maximum Gasteiger partial charge on any atom is 0.265 e. The fourth-order valence-electron chi connectivity index (χ4n) is 3.69. The molecule has 192 valence electrons. The molecule has 37 heavy (non-hydrogen) atoms. The molecular formula is C26H24Cl2N4O4S. The zero-order valence-corrected chi connectivity index (χ0v) is 22.5. The van der Waals surface area contributed by atoms with Gasteiger partial charge in [-0.2, -0.15) is 0 Å². The highest BCUT2D eigenvalue weighted by Crippen LogP contribution is 2.30. The van der Waals surface area contributed by atoms with Gasteiger partial charge < -0.3 is 9.32 Å². The van der Waals surface area contributed by atoms with E-state index in [9.17, 15) is 13.2 Å². The predicted octanol–water partition coefficient (Wildman–Crippen LogP) is 5.92. The number of anilines is 1. The lowest BCUT2D eigenvalue weighted by Crippen LogP contribution is -2.32. The lowest BCUT2D eigenvalue weighted by Gasteiger charge is -2.22. The molecule has 0 bridgehead atoms. The van der Waals surface area contributed by atoms with Crippen molar-refractivity contribution in [3.8, 4) is 11.5 Å². The van der Waals surface area contributed by atoms with Crippen LogP contribution in [0.1, 0.15) is 29.6 Å². The smallest absolute Gasteiger partial charge is 0.265 e. The zero-order chi connectivity index (χ0) is 26.6. The second-order valence-corrected chi connectivity index (χ2v) is 10.9. The number of hydrogen-bond acceptors (Lipinski definition) is 6. The summed E-state index contributed by atoms with van der Waals surface area (Å²) in [7, 11) is -2.59. The van der Waals surface area contributed by atoms with Crippen LogP contribution < -0.4 is 4.31 Å². The van der Waals surface area contributed by atoms with Gasteiger partial charge in [0.25, 0.3) is 15.9 Å². The van der Waals surface area contributed by atoms with Gasteiger partial charge in [0.1, 0.15) is 4.90 Å². The Morgan fingerprint density at radius 2 is 1.65 bits per heavy atom. The number of nitrogens with zero attached hydrogens (tertiary/aromatic N) is 4. The van der Waals surface area contributed by atoms with Gasteiger partial charge in [-0.1, -0.05) is 60.5 Å². The number of rotatable bonds is 9. The van der Waals surface area contributed by atoms with Gasteiger partial charge in [0.05, 0.1) is 27.8 Å². The summed E-state index contributed by atoms with van der Waals surface area (Å²) in [6.07, 6.45) is 0.659. The maximum absolute atomic E-state index is 13.5. The molecule has 4 aromatic rings. The van der Waals surface area contributed by atoms with Gasteiger partial charge in [-0.3, -0.25) is 9.10 Å². The Hall–Kier alpha value is -3.40. The van der Waals surface area contributed by atoms with Gasteiger partial charge in [-0.05, 0) is 48.9 Å². The van der Waals surface area contributed by atoms with E-state index in [1.165, 1.54) is 30.1 Å². The third-order valence-corrected chi connectivity index (χ3v) is 8.21. The molecule has 0 spiro atoms. The van der Waals surface area contributed by atoms with E-state index >= 15 is 0 Å². The molecule has 0 radical (unpaired) electrons. The summed E-state index contributed by atoms with van der Waals surface area (Å²) in [5.74, 6) is 0.0745. The summed E-state index contributed by atoms with van der Waals surface area (Å²) < 4.78 is 33.6. The Morgan fingerprint density at radius 1 is 0.946 bits per heavy atom. The first kappa shape index (κ1) is 26.7. The van der Waals surface area contributed by atoms with Crippen molar-refractivity contribution < 1.29 is 17.6 Å². The highest BCUT2D eigenvalue weighted by molar-refractivity contribution is 7.93. The van der Waals surface area contributed by atoms with Gasteiger partial charge in [-0.15, -0.1) is 10.2 Å². The quantitative estimate of drug-likeness (QED) is 0.253. The molecule has 0 saturated heterocycles. The molecule has 0 atom stereocenters. The summed E-state index contributed by atoms with van der Waals surface area (Å²) in [5, 5.41) is 8.61. The zero-order valence-electron chi connectivity index (χ0n) is 20.1. The Labute approximate surface area is 225 Å². The second kappa shape index (κ2) is 11.3. The number of halogens is 2. The number of benzene rings is 3. The molecule has 8 nitrogen and oxygen atoms in total. The molecule has 0 aliphatic carbocycles. The van der Waals surface area contributed by atoms with Crippen molar-refractivity contribution in [1.29, 1.82) is 0 Å². The summed E-state index contributed by atoms with van der Waals surface area (Å²) in [5.41, 5.74) is 1.23. The van der Waals surface area contributed by atoms with E-state index in [1.807, 2.05) is 6.92 Å². The second-order valence-electron chi connectivity index (χ2n) is 8.16. The first-order valence-corrected chi connectivity index (χ1v) is 13.6. The molecule has 0 aliphatic rings. The van der Waals surface area contributed by atoms with Crippen LogP contribution in [0.3, 0.4) is 0 Å². The Balaban J connectivity index is 1.61. The molecule has 1 aromatic heterocycles. The summed E-state index contributed by atoms with van der Waals surface area (Å²) >= 11 is 12.5. The molecule has 0 aliphatic heterocycles. The van der Waals surface area contributed by atoms with Crippen LogP contribution in [-0.4, -0.2) is 43.0 Å². The van der Waals surface area contributed by atoms with Crippen LogP contribution in [0.4, 0.5) is 5.69 Å². The number of para-hydroxylation sites is 1. The molecule has 0 N–H and O–H groups in total. The monoisotopic (exact) mass is 558 g/mol. The first-order chi connectivity index (χ1) is 17.7. The van der Waals surface area contributed by atoms with Crippen molar-refractivity contribution in [3.05, 3.63) is 94.3 Å². The van der Waals surface area contributed by atoms with E-state index in [1.54, 1.807) is 54.6 Å². The van der Waals surface area contributed by atoms with Crippen molar-refractivity contribution in [2.75, 3.05) is 17.9 Å². The van der Waals surface area contributed by atoms with Gasteiger partial charge >= 0.3 is 0 Å². The fraction of sp³-hybridized carbons (Fsp3) is 0.192. The number of carbonyl (C=O) groups excluding carboxylic acids is 1. The summed E-state index contributed by atoms with van der Waals surface area (Å²) in [4.78, 5) is 14.8. The molecule has 1 amide bonds. The number of hydrogen-bond donors (Lipinski definition) is 0. The molecule has 0 fully saturated rings. The maximum atomic E-state index is 13.5. The minimum atomic E-state index is -4.03. The molecule has 4 rings (SSSR count). The largest absolute Gasteiger partial charge is 0.419 e. The summed E-state index contributed by atoms with van der Waals surface area (Å²) in [6.45, 7) is 2.35. The van der Waals surface area contributed by atoms with Gasteiger partial charge in [0, 0.05) is 19.2 Å². The van der Waals surface area contributed by atoms with E-state index in [-0.39, 0.29) is 33.8 Å². The molecule has 11 heteroatoms. The van der Waals surface area contributed by atoms with Gasteiger partial charge in [0.2, 0.25) is 11.8 Å². The standard InChI is InChI=1S/C26H24Cl2N4O4S/c1-3-15-32(17-24-29-30-25(36-24)20-11-7-8-12-21(20)27)26(33)18-13-14-22(28)23(16-18)37(34,35)31(2)19-9-5-4-6-10-19/h4-14,16H,3,15,17H2,1-2H3.